The maximum atomic E-state index is 13.6. The number of para-hydroxylation sites is 1. The topological polar surface area (TPSA) is 79.9 Å². The standard InChI is InChI=1S/C30H27N3O4S2/c1-2-26(29(34)31-20-14-15-24-25(17-20)37-18-36-24)38-21-9-7-8-19(16-21)32-30(35)33-22-10-3-5-12-27(22)39-28-13-6-4-11-23(28)33/h3-17,22,26-27H,2,18H2,1H3,(H,31,34)(H,32,35). The van der Waals surface area contributed by atoms with Crippen LogP contribution in [0.25, 0.3) is 0 Å². The Balaban J connectivity index is 1.15. The van der Waals surface area contributed by atoms with Gasteiger partial charge in [0.05, 0.1) is 22.2 Å². The van der Waals surface area contributed by atoms with Crippen molar-refractivity contribution in [2.45, 2.75) is 39.7 Å². The van der Waals surface area contributed by atoms with E-state index >= 15 is 0 Å². The zero-order valence-corrected chi connectivity index (χ0v) is 22.8. The Morgan fingerprint density at radius 2 is 1.79 bits per heavy atom. The molecule has 3 aliphatic rings. The van der Waals surface area contributed by atoms with Gasteiger partial charge in [0.2, 0.25) is 12.7 Å². The molecule has 2 aliphatic heterocycles. The number of nitrogens with zero attached hydrogens (tertiary/aromatic N) is 1. The van der Waals surface area contributed by atoms with Crippen LogP contribution in [-0.4, -0.2) is 35.3 Å². The molecule has 3 aromatic rings. The zero-order valence-electron chi connectivity index (χ0n) is 21.2. The molecule has 7 nitrogen and oxygen atoms in total. The van der Waals surface area contributed by atoms with Gasteiger partial charge in [-0.1, -0.05) is 49.4 Å². The third-order valence-electron chi connectivity index (χ3n) is 6.63. The first-order valence-electron chi connectivity index (χ1n) is 12.8. The zero-order chi connectivity index (χ0) is 26.8. The summed E-state index contributed by atoms with van der Waals surface area (Å²) >= 11 is 3.24. The van der Waals surface area contributed by atoms with Crippen molar-refractivity contribution in [3.8, 4) is 11.5 Å². The van der Waals surface area contributed by atoms with Gasteiger partial charge in [-0.3, -0.25) is 9.69 Å². The number of allylic oxidation sites excluding steroid dienone is 2. The van der Waals surface area contributed by atoms with Crippen molar-refractivity contribution in [1.29, 1.82) is 0 Å². The molecule has 0 bridgehead atoms. The number of amides is 3. The summed E-state index contributed by atoms with van der Waals surface area (Å²) < 4.78 is 10.8. The second-order valence-electron chi connectivity index (χ2n) is 9.21. The molecular weight excluding hydrogens is 530 g/mol. The van der Waals surface area contributed by atoms with Gasteiger partial charge in [0.1, 0.15) is 0 Å². The number of hydrogen-bond donors (Lipinski definition) is 2. The highest BCUT2D eigenvalue weighted by molar-refractivity contribution is 8.00. The van der Waals surface area contributed by atoms with Gasteiger partial charge >= 0.3 is 6.03 Å². The van der Waals surface area contributed by atoms with Crippen LogP contribution in [0.1, 0.15) is 13.3 Å². The first kappa shape index (κ1) is 25.5. The molecular formula is C30H27N3O4S2. The number of carbonyl (C=O) groups excluding carboxylic acids is 2. The first-order chi connectivity index (χ1) is 19.1. The number of benzene rings is 3. The normalized spacial score (nSPS) is 19.2. The van der Waals surface area contributed by atoms with Gasteiger partial charge in [-0.2, -0.15) is 0 Å². The summed E-state index contributed by atoms with van der Waals surface area (Å²) in [4.78, 5) is 30.5. The number of anilines is 3. The fourth-order valence-electron chi connectivity index (χ4n) is 4.74. The average molecular weight is 558 g/mol. The summed E-state index contributed by atoms with van der Waals surface area (Å²) in [5.74, 6) is 1.20. The second kappa shape index (κ2) is 11.1. The van der Waals surface area contributed by atoms with E-state index < -0.39 is 0 Å². The molecule has 3 aromatic carbocycles. The Morgan fingerprint density at radius 3 is 2.69 bits per heavy atom. The van der Waals surface area contributed by atoms with Crippen molar-refractivity contribution in [2.75, 3.05) is 22.3 Å². The van der Waals surface area contributed by atoms with Gasteiger partial charge < -0.3 is 20.1 Å². The van der Waals surface area contributed by atoms with Crippen LogP contribution in [0.2, 0.25) is 0 Å². The molecule has 1 aliphatic carbocycles. The van der Waals surface area contributed by atoms with Gasteiger partial charge in [-0.25, -0.2) is 4.79 Å². The largest absolute Gasteiger partial charge is 0.454 e. The summed E-state index contributed by atoms with van der Waals surface area (Å²) in [5.41, 5.74) is 2.24. The molecule has 0 saturated carbocycles. The van der Waals surface area contributed by atoms with Crippen LogP contribution in [0.3, 0.4) is 0 Å². The van der Waals surface area contributed by atoms with Crippen LogP contribution in [0.5, 0.6) is 11.5 Å². The minimum atomic E-state index is -0.313. The Hall–Kier alpha value is -3.82. The lowest BCUT2D eigenvalue weighted by atomic mass is 10.1. The number of hydrogen-bond acceptors (Lipinski definition) is 6. The first-order valence-corrected chi connectivity index (χ1v) is 14.5. The lowest BCUT2D eigenvalue weighted by molar-refractivity contribution is -0.115. The van der Waals surface area contributed by atoms with Crippen molar-refractivity contribution >= 4 is 52.5 Å². The molecule has 0 aromatic heterocycles. The smallest absolute Gasteiger partial charge is 0.326 e. The fourth-order valence-corrected chi connectivity index (χ4v) is 7.01. The van der Waals surface area contributed by atoms with Crippen LogP contribution >= 0.6 is 23.5 Å². The number of carbonyl (C=O) groups is 2. The van der Waals surface area contributed by atoms with Crippen molar-refractivity contribution in [3.63, 3.8) is 0 Å². The van der Waals surface area contributed by atoms with Crippen LogP contribution in [-0.2, 0) is 4.79 Å². The number of thioether (sulfide) groups is 2. The summed E-state index contributed by atoms with van der Waals surface area (Å²) in [6, 6.07) is 20.7. The van der Waals surface area contributed by atoms with Crippen molar-refractivity contribution in [3.05, 3.63) is 91.0 Å². The Labute approximate surface area is 235 Å². The third-order valence-corrected chi connectivity index (χ3v) is 9.29. The average Bonchev–Trinajstić information content (AvgIpc) is 3.42. The number of ether oxygens (including phenoxy) is 2. The van der Waals surface area contributed by atoms with Gasteiger partial charge in [0.15, 0.2) is 11.5 Å². The van der Waals surface area contributed by atoms with Crippen LogP contribution in [0.4, 0.5) is 21.9 Å². The highest BCUT2D eigenvalue weighted by atomic mass is 32.2. The monoisotopic (exact) mass is 557 g/mol. The highest BCUT2D eigenvalue weighted by Gasteiger charge is 2.36. The van der Waals surface area contributed by atoms with E-state index in [4.69, 9.17) is 9.47 Å². The van der Waals surface area contributed by atoms with E-state index in [0.717, 1.165) is 15.5 Å². The lowest BCUT2D eigenvalue weighted by Crippen LogP contribution is -2.49. The molecule has 9 heteroatoms. The number of fused-ring (bicyclic) bond motifs is 3. The molecule has 3 atom stereocenters. The van der Waals surface area contributed by atoms with Crippen LogP contribution in [0.15, 0.2) is 101 Å². The number of rotatable bonds is 6. The molecule has 198 valence electrons. The van der Waals surface area contributed by atoms with Crippen molar-refractivity contribution < 1.29 is 19.1 Å². The summed E-state index contributed by atoms with van der Waals surface area (Å²) in [6.07, 6.45) is 8.88. The van der Waals surface area contributed by atoms with E-state index in [1.54, 1.807) is 30.0 Å². The van der Waals surface area contributed by atoms with E-state index in [2.05, 4.69) is 28.9 Å². The minimum absolute atomic E-state index is 0.0724. The molecule has 2 heterocycles. The number of urea groups is 1. The van der Waals surface area contributed by atoms with Crippen LogP contribution < -0.4 is 25.0 Å². The molecule has 0 spiro atoms. The molecule has 0 fully saturated rings. The van der Waals surface area contributed by atoms with Crippen molar-refractivity contribution in [1.82, 2.24) is 0 Å². The number of nitrogens with one attached hydrogen (secondary N) is 2. The SMILES string of the molecule is CCC(Sc1cccc(NC(=O)N2c3ccccc3SC3C=CC=CC32)c1)C(=O)Nc1ccc2c(c1)OCO2. The summed E-state index contributed by atoms with van der Waals surface area (Å²) in [7, 11) is 0. The summed E-state index contributed by atoms with van der Waals surface area (Å²) in [5, 5.41) is 5.92. The summed E-state index contributed by atoms with van der Waals surface area (Å²) in [6.45, 7) is 2.17. The van der Waals surface area contributed by atoms with E-state index in [1.165, 1.54) is 11.8 Å². The molecule has 6 rings (SSSR count). The predicted molar refractivity (Wildman–Crippen MR) is 157 cm³/mol. The van der Waals surface area contributed by atoms with E-state index in [-0.39, 0.29) is 35.3 Å². The van der Waals surface area contributed by atoms with Crippen LogP contribution in [0, 0.1) is 0 Å². The predicted octanol–water partition coefficient (Wildman–Crippen LogP) is 6.93. The lowest BCUT2D eigenvalue weighted by Gasteiger charge is -2.40. The maximum absolute atomic E-state index is 13.6. The van der Waals surface area contributed by atoms with E-state index in [0.29, 0.717) is 29.3 Å². The third kappa shape index (κ3) is 5.37. The van der Waals surface area contributed by atoms with Gasteiger partial charge in [-0.15, -0.1) is 23.5 Å². The van der Waals surface area contributed by atoms with Gasteiger partial charge in [0, 0.05) is 27.2 Å². The maximum Gasteiger partial charge on any atom is 0.326 e. The van der Waals surface area contributed by atoms with Gasteiger partial charge in [-0.05, 0) is 48.9 Å². The Bertz CT molecular complexity index is 1470. The Kier molecular flexibility index (Phi) is 7.26. The fraction of sp³-hybridized carbons (Fsp3) is 0.200. The molecule has 0 saturated heterocycles. The van der Waals surface area contributed by atoms with Crippen molar-refractivity contribution in [2.24, 2.45) is 0 Å². The van der Waals surface area contributed by atoms with E-state index in [9.17, 15) is 9.59 Å². The molecule has 0 radical (unpaired) electrons. The minimum Gasteiger partial charge on any atom is -0.454 e. The van der Waals surface area contributed by atoms with Gasteiger partial charge in [0.25, 0.3) is 0 Å². The molecule has 3 unspecified atom stereocenters. The Morgan fingerprint density at radius 1 is 0.974 bits per heavy atom. The quantitative estimate of drug-likeness (QED) is 0.320. The highest BCUT2D eigenvalue weighted by Crippen LogP contribution is 2.44. The molecule has 3 amide bonds. The molecule has 2 N–H and O–H groups in total. The van der Waals surface area contributed by atoms with E-state index in [1.807, 2.05) is 66.4 Å². The molecule has 39 heavy (non-hydrogen) atoms. The second-order valence-corrected chi connectivity index (χ2v) is 11.7.